The van der Waals surface area contributed by atoms with Crippen LogP contribution in [0.15, 0.2) is 54.6 Å². The maximum Gasteiger partial charge on any atom is 0.339 e. The lowest BCUT2D eigenvalue weighted by Crippen LogP contribution is -2.26. The summed E-state index contributed by atoms with van der Waals surface area (Å²) in [4.78, 5) is 12.0. The van der Waals surface area contributed by atoms with Gasteiger partial charge in [-0.2, -0.15) is 0 Å². The monoisotopic (exact) mass is 238 g/mol. The van der Waals surface area contributed by atoms with Crippen molar-refractivity contribution in [2.75, 3.05) is 0 Å². The maximum absolute atomic E-state index is 12.0. The Morgan fingerprint density at radius 3 is 2.39 bits per heavy atom. The van der Waals surface area contributed by atoms with E-state index in [0.29, 0.717) is 5.56 Å². The van der Waals surface area contributed by atoms with Crippen LogP contribution in [0, 0.1) is 0 Å². The Balaban J connectivity index is 2.24. The fourth-order valence-corrected chi connectivity index (χ4v) is 2.67. The maximum atomic E-state index is 12.0. The summed E-state index contributed by atoms with van der Waals surface area (Å²) in [7, 11) is 0. The molecule has 18 heavy (non-hydrogen) atoms. The van der Waals surface area contributed by atoms with Crippen LogP contribution in [0.5, 0.6) is 0 Å². The van der Waals surface area contributed by atoms with Crippen LogP contribution in [0.4, 0.5) is 0 Å². The quantitative estimate of drug-likeness (QED) is 0.748. The molecule has 0 unspecified atom stereocenters. The topological polar surface area (TPSA) is 26.3 Å². The van der Waals surface area contributed by atoms with Gasteiger partial charge in [-0.3, -0.25) is 0 Å². The zero-order valence-corrected chi connectivity index (χ0v) is 10.2. The third-order valence-corrected chi connectivity index (χ3v) is 3.59. The van der Waals surface area contributed by atoms with Crippen LogP contribution >= 0.6 is 0 Å². The number of hydrogen-bond acceptors (Lipinski definition) is 2. The molecule has 0 aliphatic carbocycles. The van der Waals surface area contributed by atoms with Crippen molar-refractivity contribution >= 4 is 5.97 Å². The van der Waals surface area contributed by atoms with Crippen molar-refractivity contribution in [2.45, 2.75) is 18.9 Å². The van der Waals surface area contributed by atoms with Gasteiger partial charge in [0, 0.05) is 11.1 Å². The van der Waals surface area contributed by atoms with Crippen LogP contribution in [0.2, 0.25) is 0 Å². The number of ether oxygens (including phenoxy) is 1. The zero-order valence-electron chi connectivity index (χ0n) is 10.2. The average Bonchev–Trinajstić information content (AvgIpc) is 2.74. The highest BCUT2D eigenvalue weighted by Crippen LogP contribution is 2.43. The largest absolute Gasteiger partial charge is 0.446 e. The molecule has 0 spiro atoms. The Hall–Kier alpha value is -2.09. The average molecular weight is 238 g/mol. The Labute approximate surface area is 106 Å². The SMILES string of the molecule is CC[C@@]1(c2ccccc2)OC(=O)c2ccccc21. The van der Waals surface area contributed by atoms with Crippen molar-refractivity contribution in [2.24, 2.45) is 0 Å². The summed E-state index contributed by atoms with van der Waals surface area (Å²) < 4.78 is 5.72. The molecule has 0 saturated heterocycles. The first kappa shape index (κ1) is 11.0. The van der Waals surface area contributed by atoms with Crippen molar-refractivity contribution in [3.63, 3.8) is 0 Å². The minimum Gasteiger partial charge on any atom is -0.446 e. The Morgan fingerprint density at radius 2 is 1.67 bits per heavy atom. The third-order valence-electron chi connectivity index (χ3n) is 3.59. The van der Waals surface area contributed by atoms with Crippen molar-refractivity contribution < 1.29 is 9.53 Å². The van der Waals surface area contributed by atoms with Crippen LogP contribution in [-0.4, -0.2) is 5.97 Å². The summed E-state index contributed by atoms with van der Waals surface area (Å²) in [6, 6.07) is 17.6. The summed E-state index contributed by atoms with van der Waals surface area (Å²) in [5, 5.41) is 0. The lowest BCUT2D eigenvalue weighted by atomic mass is 9.83. The molecule has 2 aromatic rings. The van der Waals surface area contributed by atoms with E-state index in [0.717, 1.165) is 17.5 Å². The van der Waals surface area contributed by atoms with E-state index < -0.39 is 5.60 Å². The normalized spacial score (nSPS) is 21.5. The number of carbonyl (C=O) groups excluding carboxylic acids is 1. The molecule has 2 nitrogen and oxygen atoms in total. The lowest BCUT2D eigenvalue weighted by molar-refractivity contribution is 0.00917. The summed E-state index contributed by atoms with van der Waals surface area (Å²) in [6.07, 6.45) is 0.736. The van der Waals surface area contributed by atoms with Gasteiger partial charge in [0.2, 0.25) is 0 Å². The standard InChI is InChI=1S/C16H14O2/c1-2-16(12-8-4-3-5-9-12)14-11-7-6-10-13(14)15(17)18-16/h3-11H,2H2,1H3/t16-/m0/s1. The number of benzene rings is 2. The second-order valence-electron chi connectivity index (χ2n) is 4.48. The molecular formula is C16H14O2. The first-order chi connectivity index (χ1) is 8.78. The summed E-state index contributed by atoms with van der Waals surface area (Å²) in [5.74, 6) is -0.226. The Kier molecular flexibility index (Phi) is 2.44. The van der Waals surface area contributed by atoms with Crippen LogP contribution < -0.4 is 0 Å². The van der Waals surface area contributed by atoms with Gasteiger partial charge in [-0.15, -0.1) is 0 Å². The van der Waals surface area contributed by atoms with Crippen molar-refractivity contribution in [3.8, 4) is 0 Å². The van der Waals surface area contributed by atoms with Crippen molar-refractivity contribution in [1.29, 1.82) is 0 Å². The van der Waals surface area contributed by atoms with E-state index in [1.807, 2.05) is 61.5 Å². The molecule has 1 atom stereocenters. The number of rotatable bonds is 2. The van der Waals surface area contributed by atoms with Crippen molar-refractivity contribution in [1.82, 2.24) is 0 Å². The number of cyclic esters (lactones) is 1. The van der Waals surface area contributed by atoms with E-state index in [1.54, 1.807) is 0 Å². The molecule has 0 N–H and O–H groups in total. The summed E-state index contributed by atoms with van der Waals surface area (Å²) >= 11 is 0. The molecule has 0 saturated carbocycles. The van der Waals surface area contributed by atoms with Gasteiger partial charge in [0.25, 0.3) is 0 Å². The molecule has 1 heterocycles. The van der Waals surface area contributed by atoms with Gasteiger partial charge in [-0.25, -0.2) is 4.79 Å². The molecule has 90 valence electrons. The smallest absolute Gasteiger partial charge is 0.339 e. The third kappa shape index (κ3) is 1.39. The van der Waals surface area contributed by atoms with Gasteiger partial charge in [0.1, 0.15) is 0 Å². The van der Waals surface area contributed by atoms with Crippen LogP contribution in [0.25, 0.3) is 0 Å². The number of fused-ring (bicyclic) bond motifs is 1. The van der Waals surface area contributed by atoms with E-state index in [9.17, 15) is 4.79 Å². The van der Waals surface area contributed by atoms with Crippen LogP contribution in [-0.2, 0) is 10.3 Å². The highest BCUT2D eigenvalue weighted by atomic mass is 16.6. The fourth-order valence-electron chi connectivity index (χ4n) is 2.67. The van der Waals surface area contributed by atoms with E-state index in [-0.39, 0.29) is 5.97 Å². The molecule has 0 aromatic heterocycles. The van der Waals surface area contributed by atoms with Gasteiger partial charge >= 0.3 is 5.97 Å². The predicted molar refractivity (Wildman–Crippen MR) is 69.4 cm³/mol. The first-order valence-electron chi connectivity index (χ1n) is 6.16. The summed E-state index contributed by atoms with van der Waals surface area (Å²) in [6.45, 7) is 2.04. The molecular weight excluding hydrogens is 224 g/mol. The summed E-state index contributed by atoms with van der Waals surface area (Å²) in [5.41, 5.74) is 2.08. The molecule has 0 fully saturated rings. The first-order valence-corrected chi connectivity index (χ1v) is 6.16. The molecule has 1 aliphatic rings. The molecule has 3 rings (SSSR count). The molecule has 0 bridgehead atoms. The molecule has 0 radical (unpaired) electrons. The second kappa shape index (κ2) is 3.98. The van der Waals surface area contributed by atoms with Gasteiger partial charge in [-0.05, 0) is 12.5 Å². The van der Waals surface area contributed by atoms with Crippen LogP contribution in [0.3, 0.4) is 0 Å². The fraction of sp³-hybridized carbons (Fsp3) is 0.188. The molecule has 0 amide bonds. The molecule has 2 heteroatoms. The van der Waals surface area contributed by atoms with E-state index in [4.69, 9.17) is 4.74 Å². The Bertz CT molecular complexity index is 589. The second-order valence-corrected chi connectivity index (χ2v) is 4.48. The predicted octanol–water partition coefficient (Wildman–Crippen LogP) is 3.51. The lowest BCUT2D eigenvalue weighted by Gasteiger charge is -2.28. The molecule has 1 aliphatic heterocycles. The zero-order chi connectivity index (χ0) is 12.6. The van der Waals surface area contributed by atoms with Crippen LogP contribution in [0.1, 0.15) is 34.8 Å². The van der Waals surface area contributed by atoms with E-state index in [1.165, 1.54) is 0 Å². The van der Waals surface area contributed by atoms with Gasteiger partial charge in [-0.1, -0.05) is 55.5 Å². The Morgan fingerprint density at radius 1 is 1.00 bits per heavy atom. The number of esters is 1. The highest BCUT2D eigenvalue weighted by molar-refractivity contribution is 5.95. The number of carbonyl (C=O) groups is 1. The van der Waals surface area contributed by atoms with Gasteiger partial charge in [0.15, 0.2) is 5.60 Å². The highest BCUT2D eigenvalue weighted by Gasteiger charge is 2.45. The van der Waals surface area contributed by atoms with E-state index >= 15 is 0 Å². The minimum absolute atomic E-state index is 0.226. The molecule has 2 aromatic carbocycles. The minimum atomic E-state index is -0.616. The van der Waals surface area contributed by atoms with Gasteiger partial charge in [0.05, 0.1) is 5.56 Å². The number of hydrogen-bond donors (Lipinski definition) is 0. The van der Waals surface area contributed by atoms with Crippen molar-refractivity contribution in [3.05, 3.63) is 71.3 Å². The van der Waals surface area contributed by atoms with Gasteiger partial charge < -0.3 is 4.74 Å². The van der Waals surface area contributed by atoms with E-state index in [2.05, 4.69) is 0 Å².